The average Bonchev–Trinajstić information content (AvgIpc) is 2.49. The van der Waals surface area contributed by atoms with Crippen LogP contribution in [0.15, 0.2) is 24.8 Å². The van der Waals surface area contributed by atoms with Crippen molar-refractivity contribution in [2.75, 3.05) is 27.7 Å². The summed E-state index contributed by atoms with van der Waals surface area (Å²) in [6.07, 6.45) is 1.77. The topological polar surface area (TPSA) is 32.8 Å². The number of urea groups is 1. The summed E-state index contributed by atoms with van der Waals surface area (Å²) < 4.78 is 6.17. The highest BCUT2D eigenvalue weighted by Gasteiger charge is 2.30. The molecule has 0 aromatic heterocycles. The summed E-state index contributed by atoms with van der Waals surface area (Å²) in [5.41, 5.74) is 3.29. The molecule has 1 aromatic rings. The minimum Gasteiger partial charge on any atom is -0.489 e. The Bertz CT molecular complexity index is 649. The van der Waals surface area contributed by atoms with Crippen molar-refractivity contribution in [1.82, 2.24) is 9.80 Å². The molecule has 0 unspecified atom stereocenters. The Kier molecular flexibility index (Phi) is 6.92. The molecule has 0 atom stereocenters. The molecule has 1 aromatic carbocycles. The maximum Gasteiger partial charge on any atom is 0.319 e. The van der Waals surface area contributed by atoms with Crippen molar-refractivity contribution in [1.29, 1.82) is 0 Å². The lowest BCUT2D eigenvalue weighted by Gasteiger charge is -2.33. The molecule has 0 aliphatic heterocycles. The SMILES string of the molecule is C=CCOc1c(C(C)(C)C)ccc(CN(C)C(=O)N(C)C)c1C(C)(C)C. The molecule has 146 valence electrons. The van der Waals surface area contributed by atoms with E-state index in [0.29, 0.717) is 13.2 Å². The van der Waals surface area contributed by atoms with Crippen molar-refractivity contribution in [2.45, 2.75) is 58.9 Å². The van der Waals surface area contributed by atoms with Crippen LogP contribution in [0.25, 0.3) is 0 Å². The zero-order valence-electron chi connectivity index (χ0n) is 18.1. The molecule has 0 fully saturated rings. The Labute approximate surface area is 159 Å². The van der Waals surface area contributed by atoms with Crippen LogP contribution in [0.1, 0.15) is 58.2 Å². The number of hydrogen-bond donors (Lipinski definition) is 0. The van der Waals surface area contributed by atoms with Gasteiger partial charge in [-0.25, -0.2) is 4.79 Å². The summed E-state index contributed by atoms with van der Waals surface area (Å²) in [7, 11) is 5.37. The van der Waals surface area contributed by atoms with Crippen molar-refractivity contribution in [2.24, 2.45) is 0 Å². The Morgan fingerprint density at radius 2 is 1.65 bits per heavy atom. The second-order valence-electron chi connectivity index (χ2n) is 9.11. The third-order valence-corrected chi connectivity index (χ3v) is 4.26. The summed E-state index contributed by atoms with van der Waals surface area (Å²) in [5, 5.41) is 0. The van der Waals surface area contributed by atoms with E-state index in [0.717, 1.165) is 16.9 Å². The summed E-state index contributed by atoms with van der Waals surface area (Å²) in [4.78, 5) is 15.6. The summed E-state index contributed by atoms with van der Waals surface area (Å²) in [6.45, 7) is 17.9. The minimum atomic E-state index is -0.116. The zero-order valence-corrected chi connectivity index (χ0v) is 18.1. The lowest BCUT2D eigenvalue weighted by atomic mass is 9.77. The maximum atomic E-state index is 12.3. The van der Waals surface area contributed by atoms with Gasteiger partial charge in [-0.1, -0.05) is 66.3 Å². The fourth-order valence-electron chi connectivity index (χ4n) is 3.12. The molecule has 26 heavy (non-hydrogen) atoms. The van der Waals surface area contributed by atoms with E-state index in [1.165, 1.54) is 5.56 Å². The van der Waals surface area contributed by atoms with Crippen LogP contribution in [-0.2, 0) is 17.4 Å². The van der Waals surface area contributed by atoms with E-state index in [2.05, 4.69) is 60.3 Å². The lowest BCUT2D eigenvalue weighted by Crippen LogP contribution is -2.36. The summed E-state index contributed by atoms with van der Waals surface area (Å²) in [6, 6.07) is 4.26. The number of nitrogens with zero attached hydrogens (tertiary/aromatic N) is 2. The number of benzene rings is 1. The van der Waals surface area contributed by atoms with Crippen molar-refractivity contribution >= 4 is 6.03 Å². The monoisotopic (exact) mass is 360 g/mol. The number of ether oxygens (including phenoxy) is 1. The first-order valence-electron chi connectivity index (χ1n) is 9.13. The van der Waals surface area contributed by atoms with Crippen molar-refractivity contribution in [3.05, 3.63) is 41.5 Å². The van der Waals surface area contributed by atoms with E-state index in [1.807, 2.05) is 7.05 Å². The highest BCUT2D eigenvalue weighted by Crippen LogP contribution is 2.42. The molecule has 0 saturated carbocycles. The Morgan fingerprint density at radius 3 is 2.08 bits per heavy atom. The van der Waals surface area contributed by atoms with Crippen LogP contribution in [0.3, 0.4) is 0 Å². The largest absolute Gasteiger partial charge is 0.489 e. The molecule has 0 spiro atoms. The first kappa shape index (κ1) is 22.1. The van der Waals surface area contributed by atoms with Gasteiger partial charge in [0.2, 0.25) is 0 Å². The number of amides is 2. The smallest absolute Gasteiger partial charge is 0.319 e. The first-order chi connectivity index (χ1) is 11.8. The Morgan fingerprint density at radius 1 is 1.08 bits per heavy atom. The fraction of sp³-hybridized carbons (Fsp3) is 0.591. The van der Waals surface area contributed by atoms with Crippen molar-refractivity contribution < 1.29 is 9.53 Å². The van der Waals surface area contributed by atoms with Gasteiger partial charge in [0.25, 0.3) is 0 Å². The average molecular weight is 361 g/mol. The minimum absolute atomic E-state index is 0.0154. The number of hydrogen-bond acceptors (Lipinski definition) is 2. The van der Waals surface area contributed by atoms with Gasteiger partial charge in [0.05, 0.1) is 0 Å². The van der Waals surface area contributed by atoms with Gasteiger partial charge in [-0.2, -0.15) is 0 Å². The molecule has 0 radical (unpaired) electrons. The highest BCUT2D eigenvalue weighted by atomic mass is 16.5. The number of rotatable bonds is 5. The Balaban J connectivity index is 3.56. The van der Waals surface area contributed by atoms with Crippen LogP contribution in [0.4, 0.5) is 4.79 Å². The fourth-order valence-corrected chi connectivity index (χ4v) is 3.12. The molecule has 0 N–H and O–H groups in total. The van der Waals surface area contributed by atoms with E-state index in [1.54, 1.807) is 30.0 Å². The van der Waals surface area contributed by atoms with E-state index >= 15 is 0 Å². The molecule has 2 amide bonds. The second kappa shape index (κ2) is 8.15. The Hall–Kier alpha value is -1.97. The van der Waals surface area contributed by atoms with Gasteiger partial charge in [-0.05, 0) is 22.0 Å². The van der Waals surface area contributed by atoms with E-state index in [4.69, 9.17) is 4.74 Å². The van der Waals surface area contributed by atoms with E-state index in [-0.39, 0.29) is 16.9 Å². The summed E-state index contributed by atoms with van der Waals surface area (Å²) >= 11 is 0. The molecule has 4 nitrogen and oxygen atoms in total. The van der Waals surface area contributed by atoms with Crippen LogP contribution in [-0.4, -0.2) is 43.6 Å². The molecule has 0 bridgehead atoms. The van der Waals surface area contributed by atoms with Gasteiger partial charge in [0.1, 0.15) is 12.4 Å². The van der Waals surface area contributed by atoms with E-state index < -0.39 is 0 Å². The van der Waals surface area contributed by atoms with Gasteiger partial charge in [-0.15, -0.1) is 0 Å². The normalized spacial score (nSPS) is 11.9. The van der Waals surface area contributed by atoms with Gasteiger partial charge in [0.15, 0.2) is 0 Å². The highest BCUT2D eigenvalue weighted by molar-refractivity contribution is 5.73. The molecule has 0 aliphatic carbocycles. The molecule has 0 saturated heterocycles. The molecular formula is C22H36N2O2. The van der Waals surface area contributed by atoms with Crippen LogP contribution in [0.2, 0.25) is 0 Å². The van der Waals surface area contributed by atoms with Gasteiger partial charge >= 0.3 is 6.03 Å². The molecule has 0 aliphatic rings. The predicted octanol–water partition coefficient (Wildman–Crippen LogP) is 4.96. The summed E-state index contributed by atoms with van der Waals surface area (Å²) in [5.74, 6) is 0.924. The van der Waals surface area contributed by atoms with Crippen molar-refractivity contribution in [3.8, 4) is 5.75 Å². The van der Waals surface area contributed by atoms with E-state index in [9.17, 15) is 4.79 Å². The predicted molar refractivity (Wildman–Crippen MR) is 110 cm³/mol. The van der Waals surface area contributed by atoms with Gasteiger partial charge in [0, 0.05) is 33.3 Å². The third kappa shape index (κ3) is 5.26. The molecule has 1 rings (SSSR count). The van der Waals surface area contributed by atoms with Crippen LogP contribution in [0.5, 0.6) is 5.75 Å². The van der Waals surface area contributed by atoms with Gasteiger partial charge in [-0.3, -0.25) is 0 Å². The first-order valence-corrected chi connectivity index (χ1v) is 9.13. The zero-order chi connectivity index (χ0) is 20.3. The lowest BCUT2D eigenvalue weighted by molar-refractivity contribution is 0.179. The molecule has 4 heteroatoms. The van der Waals surface area contributed by atoms with Gasteiger partial charge < -0.3 is 14.5 Å². The van der Waals surface area contributed by atoms with Crippen LogP contribution < -0.4 is 4.74 Å². The van der Waals surface area contributed by atoms with Crippen LogP contribution >= 0.6 is 0 Å². The molecular weight excluding hydrogens is 324 g/mol. The molecule has 0 heterocycles. The maximum absolute atomic E-state index is 12.3. The second-order valence-corrected chi connectivity index (χ2v) is 9.11. The van der Waals surface area contributed by atoms with Crippen molar-refractivity contribution in [3.63, 3.8) is 0 Å². The third-order valence-electron chi connectivity index (χ3n) is 4.26. The standard InChI is InChI=1S/C22H36N2O2/c1-11-14-26-19-17(21(2,3)4)13-12-16(18(19)22(5,6)7)15-24(10)20(25)23(8)9/h11-13H,1,14-15H2,2-10H3. The quantitative estimate of drug-likeness (QED) is 0.695. The number of carbonyl (C=O) groups is 1. The van der Waals surface area contributed by atoms with Crippen LogP contribution in [0, 0.1) is 0 Å². The number of carbonyl (C=O) groups excluding carboxylic acids is 1.